The van der Waals surface area contributed by atoms with Gasteiger partial charge in [-0.2, -0.15) is 0 Å². The molecule has 0 saturated carbocycles. The lowest BCUT2D eigenvalue weighted by Crippen LogP contribution is -2.29. The second-order valence-corrected chi connectivity index (χ2v) is 13.4. The standard InChI is InChI=1S/C36H67O8P/c1-3-5-7-9-11-13-15-17-19-21-23-25-27-29-31-36(38)44-34(33-43-45(39,40)41)32-42-35(37)30-28-26-24-22-20-18-16-14-12-10-8-6-4-2/h9,11,15,17,34H,3-8,10,12-14,16,18-33H2,1-2H3,(H2,39,40,41)/b11-9-,17-15-/t34-/m1/s1. The van der Waals surface area contributed by atoms with Crippen molar-refractivity contribution in [2.75, 3.05) is 13.2 Å². The first-order chi connectivity index (χ1) is 21.8. The number of hydrogen-bond donors (Lipinski definition) is 2. The number of unbranched alkanes of at least 4 members (excludes halogenated alkanes) is 19. The number of allylic oxidation sites excluding steroid dienone is 4. The van der Waals surface area contributed by atoms with Crippen LogP contribution in [0.1, 0.15) is 174 Å². The molecule has 0 heterocycles. The molecule has 0 amide bonds. The van der Waals surface area contributed by atoms with Crippen LogP contribution in [0.3, 0.4) is 0 Å². The minimum absolute atomic E-state index is 0.198. The average molecular weight is 659 g/mol. The van der Waals surface area contributed by atoms with Crippen molar-refractivity contribution in [1.82, 2.24) is 0 Å². The number of phosphoric acid groups is 1. The Morgan fingerprint density at radius 3 is 1.53 bits per heavy atom. The Labute approximate surface area is 275 Å². The highest BCUT2D eigenvalue weighted by Gasteiger charge is 2.22. The Bertz CT molecular complexity index is 792. The van der Waals surface area contributed by atoms with E-state index < -0.39 is 32.5 Å². The molecule has 0 aliphatic heterocycles. The van der Waals surface area contributed by atoms with Gasteiger partial charge in [0, 0.05) is 12.8 Å². The van der Waals surface area contributed by atoms with Crippen LogP contribution in [0.15, 0.2) is 24.3 Å². The Kier molecular flexibility index (Phi) is 31.4. The average Bonchev–Trinajstić information content (AvgIpc) is 3.00. The first-order valence-corrected chi connectivity index (χ1v) is 19.7. The van der Waals surface area contributed by atoms with Gasteiger partial charge < -0.3 is 19.3 Å². The number of carbonyl (C=O) groups is 2. The molecular formula is C36H67O8P. The zero-order valence-electron chi connectivity index (χ0n) is 28.8. The second kappa shape index (κ2) is 32.5. The topological polar surface area (TPSA) is 119 Å². The molecular weight excluding hydrogens is 591 g/mol. The molecule has 0 aliphatic carbocycles. The van der Waals surface area contributed by atoms with Crippen LogP contribution in [0.4, 0.5) is 0 Å². The first-order valence-electron chi connectivity index (χ1n) is 18.1. The lowest BCUT2D eigenvalue weighted by atomic mass is 10.0. The molecule has 0 radical (unpaired) electrons. The predicted molar refractivity (Wildman–Crippen MR) is 184 cm³/mol. The van der Waals surface area contributed by atoms with Gasteiger partial charge in [0.05, 0.1) is 6.61 Å². The zero-order valence-corrected chi connectivity index (χ0v) is 29.7. The fraction of sp³-hybridized carbons (Fsp3) is 0.833. The van der Waals surface area contributed by atoms with E-state index in [1.54, 1.807) is 0 Å². The number of phosphoric ester groups is 1. The van der Waals surface area contributed by atoms with E-state index in [2.05, 4.69) is 42.7 Å². The second-order valence-electron chi connectivity index (χ2n) is 12.2. The Balaban J connectivity index is 4.00. The highest BCUT2D eigenvalue weighted by atomic mass is 31.2. The van der Waals surface area contributed by atoms with Crippen molar-refractivity contribution < 1.29 is 37.9 Å². The van der Waals surface area contributed by atoms with Crippen LogP contribution in [-0.2, 0) is 28.2 Å². The van der Waals surface area contributed by atoms with E-state index in [-0.39, 0.29) is 19.4 Å². The smallest absolute Gasteiger partial charge is 0.462 e. The van der Waals surface area contributed by atoms with Crippen molar-refractivity contribution >= 4 is 19.8 Å². The van der Waals surface area contributed by atoms with Crippen molar-refractivity contribution in [1.29, 1.82) is 0 Å². The lowest BCUT2D eigenvalue weighted by molar-refractivity contribution is -0.161. The van der Waals surface area contributed by atoms with Gasteiger partial charge in [-0.05, 0) is 38.5 Å². The molecule has 45 heavy (non-hydrogen) atoms. The van der Waals surface area contributed by atoms with E-state index in [1.807, 2.05) is 0 Å². The number of rotatable bonds is 33. The molecule has 0 spiro atoms. The number of ether oxygens (including phenoxy) is 2. The van der Waals surface area contributed by atoms with Crippen molar-refractivity contribution in [3.63, 3.8) is 0 Å². The van der Waals surface area contributed by atoms with Gasteiger partial charge in [0.1, 0.15) is 6.61 Å². The van der Waals surface area contributed by atoms with Crippen LogP contribution in [0.25, 0.3) is 0 Å². The maximum absolute atomic E-state index is 12.3. The summed E-state index contributed by atoms with van der Waals surface area (Å²) in [6.45, 7) is 3.62. The van der Waals surface area contributed by atoms with E-state index in [4.69, 9.17) is 19.3 Å². The van der Waals surface area contributed by atoms with Crippen molar-refractivity contribution in [2.24, 2.45) is 0 Å². The summed E-state index contributed by atoms with van der Waals surface area (Å²) in [4.78, 5) is 42.6. The SMILES string of the molecule is CCCC/C=C\C/C=C\CCCCCCCC(=O)O[C@H](COC(=O)CCCCCCCCCCCCCCC)COP(=O)(O)O. The molecule has 9 heteroatoms. The molecule has 0 fully saturated rings. The molecule has 0 aromatic heterocycles. The minimum atomic E-state index is -4.75. The van der Waals surface area contributed by atoms with E-state index in [0.717, 1.165) is 64.2 Å². The molecule has 0 bridgehead atoms. The summed E-state index contributed by atoms with van der Waals surface area (Å²) in [5.74, 6) is -0.898. The summed E-state index contributed by atoms with van der Waals surface area (Å²) >= 11 is 0. The number of esters is 2. The van der Waals surface area contributed by atoms with Crippen LogP contribution in [0.5, 0.6) is 0 Å². The molecule has 1 atom stereocenters. The van der Waals surface area contributed by atoms with Crippen LogP contribution >= 0.6 is 7.82 Å². The molecule has 0 aromatic carbocycles. The highest BCUT2D eigenvalue weighted by molar-refractivity contribution is 7.46. The number of hydrogen-bond acceptors (Lipinski definition) is 6. The molecule has 0 saturated heterocycles. The van der Waals surface area contributed by atoms with Crippen LogP contribution in [0, 0.1) is 0 Å². The molecule has 0 rings (SSSR count). The maximum atomic E-state index is 12.3. The van der Waals surface area contributed by atoms with E-state index in [1.165, 1.54) is 77.0 Å². The first kappa shape index (κ1) is 43.5. The van der Waals surface area contributed by atoms with Gasteiger partial charge in [0.15, 0.2) is 6.10 Å². The Hall–Kier alpha value is -1.47. The summed E-state index contributed by atoms with van der Waals surface area (Å²) in [6.07, 6.45) is 34.7. The minimum Gasteiger partial charge on any atom is -0.462 e. The van der Waals surface area contributed by atoms with Gasteiger partial charge in [-0.3, -0.25) is 14.1 Å². The van der Waals surface area contributed by atoms with Gasteiger partial charge >= 0.3 is 19.8 Å². The van der Waals surface area contributed by atoms with E-state index in [0.29, 0.717) is 6.42 Å². The molecule has 264 valence electrons. The molecule has 0 unspecified atom stereocenters. The molecule has 0 aliphatic rings. The monoisotopic (exact) mass is 658 g/mol. The maximum Gasteiger partial charge on any atom is 0.469 e. The molecule has 2 N–H and O–H groups in total. The number of carbonyl (C=O) groups excluding carboxylic acids is 2. The van der Waals surface area contributed by atoms with E-state index in [9.17, 15) is 14.2 Å². The van der Waals surface area contributed by atoms with Crippen molar-refractivity contribution in [2.45, 2.75) is 180 Å². The van der Waals surface area contributed by atoms with Crippen molar-refractivity contribution in [3.8, 4) is 0 Å². The zero-order chi connectivity index (χ0) is 33.3. The Morgan fingerprint density at radius 1 is 0.578 bits per heavy atom. The van der Waals surface area contributed by atoms with Crippen LogP contribution < -0.4 is 0 Å². The summed E-state index contributed by atoms with van der Waals surface area (Å²) in [6, 6.07) is 0. The van der Waals surface area contributed by atoms with Crippen LogP contribution in [-0.4, -0.2) is 41.0 Å². The highest BCUT2D eigenvalue weighted by Crippen LogP contribution is 2.36. The van der Waals surface area contributed by atoms with Gasteiger partial charge in [-0.25, -0.2) is 4.57 Å². The van der Waals surface area contributed by atoms with E-state index >= 15 is 0 Å². The summed E-state index contributed by atoms with van der Waals surface area (Å²) < 4.78 is 26.2. The van der Waals surface area contributed by atoms with Gasteiger partial charge in [-0.1, -0.05) is 147 Å². The molecule has 8 nitrogen and oxygen atoms in total. The Morgan fingerprint density at radius 2 is 1.02 bits per heavy atom. The fourth-order valence-electron chi connectivity index (χ4n) is 4.98. The van der Waals surface area contributed by atoms with Crippen LogP contribution in [0.2, 0.25) is 0 Å². The third kappa shape index (κ3) is 35.2. The normalized spacial score (nSPS) is 12.7. The van der Waals surface area contributed by atoms with Crippen molar-refractivity contribution in [3.05, 3.63) is 24.3 Å². The third-order valence-corrected chi connectivity index (χ3v) is 8.21. The fourth-order valence-corrected chi connectivity index (χ4v) is 5.34. The quantitative estimate of drug-likeness (QED) is 0.0309. The summed E-state index contributed by atoms with van der Waals surface area (Å²) in [5.41, 5.74) is 0. The van der Waals surface area contributed by atoms with Gasteiger partial charge in [0.25, 0.3) is 0 Å². The van der Waals surface area contributed by atoms with Gasteiger partial charge in [-0.15, -0.1) is 0 Å². The summed E-state index contributed by atoms with van der Waals surface area (Å²) in [5, 5.41) is 0. The largest absolute Gasteiger partial charge is 0.469 e. The summed E-state index contributed by atoms with van der Waals surface area (Å²) in [7, 11) is -4.75. The third-order valence-electron chi connectivity index (χ3n) is 7.72. The molecule has 0 aromatic rings. The lowest BCUT2D eigenvalue weighted by Gasteiger charge is -2.18. The predicted octanol–water partition coefficient (Wildman–Crippen LogP) is 10.5. The van der Waals surface area contributed by atoms with Gasteiger partial charge in [0.2, 0.25) is 0 Å².